The van der Waals surface area contributed by atoms with E-state index in [1.807, 2.05) is 55.8 Å². The number of aryl methyl sites for hydroxylation is 1. The molecular weight excluding hydrogens is 344 g/mol. The van der Waals surface area contributed by atoms with Crippen molar-refractivity contribution in [3.8, 4) is 5.75 Å². The summed E-state index contributed by atoms with van der Waals surface area (Å²) >= 11 is 0. The van der Waals surface area contributed by atoms with Crippen molar-refractivity contribution in [1.82, 2.24) is 9.55 Å². The Morgan fingerprint density at radius 3 is 2.48 bits per heavy atom. The van der Waals surface area contributed by atoms with Gasteiger partial charge in [-0.2, -0.15) is 0 Å². The quantitative estimate of drug-likeness (QED) is 0.616. The molecule has 1 aromatic heterocycles. The lowest BCUT2D eigenvalue weighted by Crippen LogP contribution is -2.07. The molecule has 0 spiro atoms. The van der Waals surface area contributed by atoms with Gasteiger partial charge in [0.2, 0.25) is 0 Å². The van der Waals surface area contributed by atoms with Crippen LogP contribution in [-0.2, 0) is 13.5 Å². The van der Waals surface area contributed by atoms with Gasteiger partial charge in [0.05, 0.1) is 17.2 Å². The second-order valence-electron chi connectivity index (χ2n) is 7.07. The third-order valence-corrected chi connectivity index (χ3v) is 4.89. The minimum Gasteiger partial charge on any atom is -0.505 e. The molecule has 0 amide bonds. The molecule has 6 nitrogen and oxygen atoms in total. The van der Waals surface area contributed by atoms with Crippen molar-refractivity contribution in [3.63, 3.8) is 0 Å². The normalized spacial score (nSPS) is 12.6. The molecule has 3 rings (SSSR count). The minimum absolute atomic E-state index is 0.0403. The van der Waals surface area contributed by atoms with E-state index in [1.54, 1.807) is 6.07 Å². The van der Waals surface area contributed by atoms with Crippen molar-refractivity contribution in [2.24, 2.45) is 7.05 Å². The fraction of sp³-hybridized carbons (Fsp3) is 0.333. The van der Waals surface area contributed by atoms with Crippen molar-refractivity contribution < 1.29 is 20.1 Å². The van der Waals surface area contributed by atoms with E-state index in [0.717, 1.165) is 11.4 Å². The predicted molar refractivity (Wildman–Crippen MR) is 103 cm³/mol. The maximum absolute atomic E-state index is 11.8. The number of carboxylic acid groups (broad SMARTS) is 1. The molecule has 3 N–H and O–H groups in total. The number of phenolic OH excluding ortho intramolecular Hbond substituents is 1. The molecule has 0 fully saturated rings. The van der Waals surface area contributed by atoms with Gasteiger partial charge in [-0.3, -0.25) is 0 Å². The number of aromatic nitrogens is 2. The molecule has 0 aliphatic rings. The molecule has 0 aliphatic heterocycles. The van der Waals surface area contributed by atoms with E-state index in [1.165, 1.54) is 0 Å². The molecule has 0 aliphatic carbocycles. The van der Waals surface area contributed by atoms with Gasteiger partial charge in [0.25, 0.3) is 0 Å². The first kappa shape index (κ1) is 18.9. The topological polar surface area (TPSA) is 95.6 Å². The summed E-state index contributed by atoms with van der Waals surface area (Å²) in [6, 6.07) is 10.7. The fourth-order valence-corrected chi connectivity index (χ4v) is 3.45. The van der Waals surface area contributed by atoms with Crippen molar-refractivity contribution in [2.75, 3.05) is 0 Å². The van der Waals surface area contributed by atoms with Gasteiger partial charge < -0.3 is 19.9 Å². The van der Waals surface area contributed by atoms with Gasteiger partial charge >= 0.3 is 5.97 Å². The molecule has 0 saturated heterocycles. The second kappa shape index (κ2) is 7.40. The summed E-state index contributed by atoms with van der Waals surface area (Å²) in [6.45, 7) is 3.99. The van der Waals surface area contributed by atoms with Gasteiger partial charge in [-0.05, 0) is 24.5 Å². The van der Waals surface area contributed by atoms with Gasteiger partial charge in [0.15, 0.2) is 0 Å². The molecule has 27 heavy (non-hydrogen) atoms. The Bertz CT molecular complexity index is 977. The van der Waals surface area contributed by atoms with Crippen LogP contribution in [0.2, 0.25) is 0 Å². The highest BCUT2D eigenvalue weighted by Gasteiger charge is 2.23. The zero-order valence-corrected chi connectivity index (χ0v) is 15.7. The molecule has 0 saturated carbocycles. The Labute approximate surface area is 157 Å². The molecular formula is C21H24N2O4. The van der Waals surface area contributed by atoms with Crippen LogP contribution >= 0.6 is 0 Å². The molecule has 0 radical (unpaired) electrons. The van der Waals surface area contributed by atoms with Crippen molar-refractivity contribution in [2.45, 2.75) is 38.7 Å². The van der Waals surface area contributed by atoms with Gasteiger partial charge in [-0.15, -0.1) is 0 Å². The Morgan fingerprint density at radius 2 is 1.89 bits per heavy atom. The van der Waals surface area contributed by atoms with Crippen LogP contribution in [0, 0.1) is 0 Å². The lowest BCUT2D eigenvalue weighted by atomic mass is 9.96. The first-order valence-corrected chi connectivity index (χ1v) is 8.98. The van der Waals surface area contributed by atoms with Crippen LogP contribution < -0.4 is 0 Å². The van der Waals surface area contributed by atoms with Crippen LogP contribution in [0.5, 0.6) is 5.75 Å². The number of rotatable bonds is 6. The number of fused-ring (bicyclic) bond motifs is 1. The summed E-state index contributed by atoms with van der Waals surface area (Å²) in [4.78, 5) is 16.3. The largest absolute Gasteiger partial charge is 0.505 e. The Balaban J connectivity index is 2.02. The van der Waals surface area contributed by atoms with Crippen molar-refractivity contribution in [1.29, 1.82) is 0 Å². The maximum atomic E-state index is 11.8. The first-order chi connectivity index (χ1) is 12.8. The lowest BCUT2D eigenvalue weighted by molar-refractivity contribution is 0.0694. The van der Waals surface area contributed by atoms with E-state index in [-0.39, 0.29) is 23.7 Å². The zero-order chi connectivity index (χ0) is 19.7. The van der Waals surface area contributed by atoms with E-state index in [4.69, 9.17) is 0 Å². The van der Waals surface area contributed by atoms with Gasteiger partial charge in [0.1, 0.15) is 17.1 Å². The Kier molecular flexibility index (Phi) is 5.19. The van der Waals surface area contributed by atoms with E-state index in [0.29, 0.717) is 23.0 Å². The number of carboxylic acids is 1. The van der Waals surface area contributed by atoms with Gasteiger partial charge in [-0.1, -0.05) is 44.2 Å². The summed E-state index contributed by atoms with van der Waals surface area (Å²) in [5.41, 5.74) is 2.09. The maximum Gasteiger partial charge on any atom is 0.336 e. The number of phenols is 1. The van der Waals surface area contributed by atoms with E-state index >= 15 is 0 Å². The SMILES string of the molecule is CC(C)c1nc2c(O)c(CCC(O)c3ccccc3)c(C(=O)O)cc2n1C. The van der Waals surface area contributed by atoms with E-state index < -0.39 is 12.1 Å². The fourth-order valence-electron chi connectivity index (χ4n) is 3.45. The number of nitrogens with zero attached hydrogens (tertiary/aromatic N) is 2. The van der Waals surface area contributed by atoms with Crippen molar-refractivity contribution >= 4 is 17.0 Å². The lowest BCUT2D eigenvalue weighted by Gasteiger charge is -2.14. The van der Waals surface area contributed by atoms with Crippen molar-refractivity contribution in [3.05, 3.63) is 58.9 Å². The van der Waals surface area contributed by atoms with E-state index in [9.17, 15) is 20.1 Å². The number of carbonyl (C=O) groups is 1. The molecule has 1 unspecified atom stereocenters. The molecule has 1 heterocycles. The second-order valence-corrected chi connectivity index (χ2v) is 7.07. The molecule has 0 bridgehead atoms. The molecule has 2 aromatic carbocycles. The average molecular weight is 368 g/mol. The highest BCUT2D eigenvalue weighted by atomic mass is 16.4. The third-order valence-electron chi connectivity index (χ3n) is 4.89. The molecule has 6 heteroatoms. The summed E-state index contributed by atoms with van der Waals surface area (Å²) in [5.74, 6) is -0.312. The molecule has 1 atom stereocenters. The van der Waals surface area contributed by atoms with Crippen LogP contribution in [0.1, 0.15) is 59.6 Å². The van der Waals surface area contributed by atoms with Crippen LogP contribution in [0.15, 0.2) is 36.4 Å². The Morgan fingerprint density at radius 1 is 1.22 bits per heavy atom. The predicted octanol–water partition coefficient (Wildman–Crippen LogP) is 3.77. The smallest absolute Gasteiger partial charge is 0.336 e. The number of benzene rings is 2. The van der Waals surface area contributed by atoms with Crippen LogP contribution in [0.3, 0.4) is 0 Å². The number of aliphatic hydroxyl groups is 1. The summed E-state index contributed by atoms with van der Waals surface area (Å²) in [6.07, 6.45) is -0.210. The number of aromatic carboxylic acids is 1. The zero-order valence-electron chi connectivity index (χ0n) is 15.7. The molecule has 3 aromatic rings. The minimum atomic E-state index is -1.11. The standard InChI is InChI=1S/C21H24N2O4/c1-12(2)20-22-18-16(23(20)3)11-15(21(26)27)14(19(18)25)9-10-17(24)13-7-5-4-6-8-13/h4-8,11-12,17,24-25H,9-10H2,1-3H3,(H,26,27). The molecule has 142 valence electrons. The highest BCUT2D eigenvalue weighted by molar-refractivity contribution is 5.97. The number of hydrogen-bond donors (Lipinski definition) is 3. The van der Waals surface area contributed by atoms with Gasteiger partial charge in [-0.25, -0.2) is 9.78 Å². The van der Waals surface area contributed by atoms with Gasteiger partial charge in [0, 0.05) is 18.5 Å². The van der Waals surface area contributed by atoms with E-state index in [2.05, 4.69) is 4.98 Å². The number of aromatic hydroxyl groups is 1. The summed E-state index contributed by atoms with van der Waals surface area (Å²) in [7, 11) is 1.81. The van der Waals surface area contributed by atoms with Crippen LogP contribution in [0.25, 0.3) is 11.0 Å². The third kappa shape index (κ3) is 3.53. The Hall–Kier alpha value is -2.86. The monoisotopic (exact) mass is 368 g/mol. The average Bonchev–Trinajstić information content (AvgIpc) is 2.98. The summed E-state index contributed by atoms with van der Waals surface area (Å²) in [5, 5.41) is 30.8. The number of hydrogen-bond acceptors (Lipinski definition) is 4. The van der Waals surface area contributed by atoms with Crippen LogP contribution in [0.4, 0.5) is 0 Å². The van der Waals surface area contributed by atoms with Crippen LogP contribution in [-0.4, -0.2) is 30.8 Å². The summed E-state index contributed by atoms with van der Waals surface area (Å²) < 4.78 is 1.81. The number of aliphatic hydroxyl groups excluding tert-OH is 1. The highest BCUT2D eigenvalue weighted by Crippen LogP contribution is 2.35. The first-order valence-electron chi connectivity index (χ1n) is 8.98. The number of imidazole rings is 1.